The van der Waals surface area contributed by atoms with Crippen molar-refractivity contribution in [2.24, 2.45) is 5.73 Å². The number of aliphatic carboxylic acids is 2. The van der Waals surface area contributed by atoms with E-state index in [1.54, 1.807) is 12.1 Å². The van der Waals surface area contributed by atoms with Gasteiger partial charge in [-0.15, -0.1) is 0 Å². The molecule has 8 nitrogen and oxygen atoms in total. The third kappa shape index (κ3) is 5.37. The number of nitrogens with two attached hydrogens (primary N) is 1. The lowest BCUT2D eigenvalue weighted by molar-refractivity contribution is -0.139. The summed E-state index contributed by atoms with van der Waals surface area (Å²) in [7, 11) is -3.04. The number of benzene rings is 1. The molecule has 9 heteroatoms. The number of aryl methyl sites for hydroxylation is 1. The van der Waals surface area contributed by atoms with Gasteiger partial charge in [0.15, 0.2) is 0 Å². The molecular weight excluding hydrogens is 325 g/mol. The Morgan fingerprint density at radius 1 is 1.22 bits per heavy atom. The van der Waals surface area contributed by atoms with Crippen LogP contribution in [-0.2, 0) is 25.9 Å². The van der Waals surface area contributed by atoms with Crippen LogP contribution in [0.3, 0.4) is 0 Å². The molecule has 0 aliphatic heterocycles. The maximum absolute atomic E-state index is 11.5. The minimum absolute atomic E-state index is 0.0503. The van der Waals surface area contributed by atoms with Gasteiger partial charge >= 0.3 is 25.3 Å². The molecule has 1 rings (SSSR count). The van der Waals surface area contributed by atoms with Crippen LogP contribution in [0.25, 0.3) is 0 Å². The minimum atomic E-state index is -3.04. The standard InChI is InChI=1S/C14H18NO7P/c15-11(13(18)19)7-8-14(20,23(21)22)10-4-1-9(2-5-10)3-6-12(16)17/h1-2,4-5,11,20H,3,6-8,15H2,(H2-,16,17,18,19,21,22)/p+1/t11-,14?/m0/s1. The zero-order valence-corrected chi connectivity index (χ0v) is 13.1. The summed E-state index contributed by atoms with van der Waals surface area (Å²) in [6.07, 6.45) is -0.219. The number of carbonyl (C=O) groups is 2. The Morgan fingerprint density at radius 3 is 2.22 bits per heavy atom. The van der Waals surface area contributed by atoms with Crippen LogP contribution in [0.1, 0.15) is 30.4 Å². The third-order valence-corrected chi connectivity index (χ3v) is 4.60. The van der Waals surface area contributed by atoms with Crippen molar-refractivity contribution in [2.45, 2.75) is 37.1 Å². The van der Waals surface area contributed by atoms with Crippen molar-refractivity contribution in [1.29, 1.82) is 0 Å². The number of hydrogen-bond donors (Lipinski definition) is 5. The maximum atomic E-state index is 11.5. The van der Waals surface area contributed by atoms with E-state index in [4.69, 9.17) is 15.9 Å². The van der Waals surface area contributed by atoms with Crippen molar-refractivity contribution >= 4 is 20.0 Å². The van der Waals surface area contributed by atoms with Gasteiger partial charge in [-0.25, -0.2) is 0 Å². The van der Waals surface area contributed by atoms with E-state index in [-0.39, 0.29) is 24.8 Å². The molecule has 2 unspecified atom stereocenters. The van der Waals surface area contributed by atoms with E-state index >= 15 is 0 Å². The van der Waals surface area contributed by atoms with Gasteiger partial charge in [-0.3, -0.25) is 9.59 Å². The van der Waals surface area contributed by atoms with Gasteiger partial charge in [0.2, 0.25) is 0 Å². The smallest absolute Gasteiger partial charge is 0.481 e. The quantitative estimate of drug-likeness (QED) is 0.411. The molecule has 126 valence electrons. The predicted molar refractivity (Wildman–Crippen MR) is 81.0 cm³/mol. The molecule has 0 heterocycles. The molecule has 0 saturated carbocycles. The molecule has 6 N–H and O–H groups in total. The van der Waals surface area contributed by atoms with Crippen molar-refractivity contribution in [3.05, 3.63) is 35.4 Å². The lowest BCUT2D eigenvalue weighted by Crippen LogP contribution is -2.33. The normalized spacial score (nSPS) is 15.5. The molecular formula is C14H19NO7P+. The van der Waals surface area contributed by atoms with Gasteiger partial charge < -0.3 is 21.1 Å². The van der Waals surface area contributed by atoms with Crippen LogP contribution in [0.4, 0.5) is 0 Å². The Hall–Kier alpha value is -1.86. The largest absolute Gasteiger partial charge is 0.546 e. The summed E-state index contributed by atoms with van der Waals surface area (Å²) in [5.41, 5.74) is 6.20. The second-order valence-corrected chi connectivity index (χ2v) is 6.45. The molecule has 0 bridgehead atoms. The van der Waals surface area contributed by atoms with Gasteiger partial charge in [0.05, 0.1) is 0 Å². The van der Waals surface area contributed by atoms with Crippen LogP contribution in [0.2, 0.25) is 0 Å². The fraction of sp³-hybridized carbons (Fsp3) is 0.429. The fourth-order valence-corrected chi connectivity index (χ4v) is 2.71. The fourth-order valence-electron chi connectivity index (χ4n) is 2.02. The average Bonchev–Trinajstić information content (AvgIpc) is 2.50. The number of aliphatic hydroxyl groups is 1. The van der Waals surface area contributed by atoms with Gasteiger partial charge in [-0.2, -0.15) is 4.89 Å². The average molecular weight is 344 g/mol. The highest BCUT2D eigenvalue weighted by atomic mass is 31.1. The molecule has 0 spiro atoms. The number of carboxylic acid groups (broad SMARTS) is 2. The van der Waals surface area contributed by atoms with E-state index in [0.717, 1.165) is 0 Å². The minimum Gasteiger partial charge on any atom is -0.481 e. The Morgan fingerprint density at radius 2 is 1.78 bits per heavy atom. The number of carboxylic acids is 2. The first-order chi connectivity index (χ1) is 10.7. The number of hydrogen-bond acceptors (Lipinski definition) is 5. The Labute approximate surface area is 133 Å². The molecule has 0 amide bonds. The van der Waals surface area contributed by atoms with Crippen LogP contribution in [0.5, 0.6) is 0 Å². The molecule has 0 fully saturated rings. The summed E-state index contributed by atoms with van der Waals surface area (Å²) in [5, 5.41) is 25.7. The summed E-state index contributed by atoms with van der Waals surface area (Å²) in [5.74, 6) is -2.20. The van der Waals surface area contributed by atoms with Crippen molar-refractivity contribution in [3.8, 4) is 0 Å². The van der Waals surface area contributed by atoms with Crippen LogP contribution < -0.4 is 5.73 Å². The molecule has 0 aliphatic carbocycles. The molecule has 23 heavy (non-hydrogen) atoms. The van der Waals surface area contributed by atoms with Gasteiger partial charge in [0.1, 0.15) is 6.04 Å². The third-order valence-electron chi connectivity index (χ3n) is 3.48. The van der Waals surface area contributed by atoms with Gasteiger partial charge in [0, 0.05) is 18.4 Å². The molecule has 1 aromatic carbocycles. The van der Waals surface area contributed by atoms with E-state index in [9.17, 15) is 24.2 Å². The van der Waals surface area contributed by atoms with E-state index in [1.165, 1.54) is 12.1 Å². The zero-order chi connectivity index (χ0) is 17.6. The van der Waals surface area contributed by atoms with Crippen molar-refractivity contribution < 1.29 is 34.4 Å². The monoisotopic (exact) mass is 344 g/mol. The summed E-state index contributed by atoms with van der Waals surface area (Å²) in [6, 6.07) is 4.71. The van der Waals surface area contributed by atoms with Gasteiger partial charge in [-0.05, 0) is 23.0 Å². The first kappa shape index (κ1) is 19.2. The first-order valence-electron chi connectivity index (χ1n) is 6.85. The molecule has 0 saturated heterocycles. The highest BCUT2D eigenvalue weighted by Crippen LogP contribution is 2.45. The molecule has 0 radical (unpaired) electrons. The lowest BCUT2D eigenvalue weighted by Gasteiger charge is -2.17. The molecule has 0 aromatic heterocycles. The summed E-state index contributed by atoms with van der Waals surface area (Å²) >= 11 is 0. The number of rotatable bonds is 9. The van der Waals surface area contributed by atoms with Crippen molar-refractivity contribution in [2.75, 3.05) is 0 Å². The van der Waals surface area contributed by atoms with E-state index in [2.05, 4.69) is 0 Å². The molecule has 3 atom stereocenters. The summed E-state index contributed by atoms with van der Waals surface area (Å²) in [6.45, 7) is 0. The molecule has 1 aromatic rings. The second-order valence-electron chi connectivity index (χ2n) is 5.16. The van der Waals surface area contributed by atoms with Crippen LogP contribution in [0.15, 0.2) is 24.3 Å². The van der Waals surface area contributed by atoms with Crippen LogP contribution in [0, 0.1) is 0 Å². The van der Waals surface area contributed by atoms with E-state index < -0.39 is 31.4 Å². The Bertz CT molecular complexity index is 589. The van der Waals surface area contributed by atoms with Crippen LogP contribution >= 0.6 is 8.03 Å². The van der Waals surface area contributed by atoms with Gasteiger partial charge in [0.25, 0.3) is 0 Å². The SMILES string of the molecule is N[C@@H](CCC(O)(c1ccc(CCC(=O)O)cc1)[P+](=O)O)C(=O)O. The summed E-state index contributed by atoms with van der Waals surface area (Å²) in [4.78, 5) is 30.6. The van der Waals surface area contributed by atoms with E-state index in [0.29, 0.717) is 12.0 Å². The highest BCUT2D eigenvalue weighted by molar-refractivity contribution is 7.39. The molecule has 0 aliphatic rings. The highest BCUT2D eigenvalue weighted by Gasteiger charge is 2.49. The Balaban J connectivity index is 2.89. The zero-order valence-electron chi connectivity index (χ0n) is 12.3. The lowest BCUT2D eigenvalue weighted by atomic mass is 9.99. The topological polar surface area (TPSA) is 158 Å². The van der Waals surface area contributed by atoms with Crippen molar-refractivity contribution in [1.82, 2.24) is 0 Å². The first-order valence-corrected chi connectivity index (χ1v) is 8.06. The maximum Gasteiger partial charge on any atom is 0.546 e. The van der Waals surface area contributed by atoms with Crippen LogP contribution in [-0.4, -0.2) is 38.2 Å². The summed E-state index contributed by atoms with van der Waals surface area (Å²) < 4.78 is 11.5. The van der Waals surface area contributed by atoms with Gasteiger partial charge in [-0.1, -0.05) is 24.3 Å². The van der Waals surface area contributed by atoms with E-state index in [1.807, 2.05) is 0 Å². The second kappa shape index (κ2) is 8.12. The predicted octanol–water partition coefficient (Wildman–Crippen LogP) is 0.776. The Kier molecular flexibility index (Phi) is 6.78. The van der Waals surface area contributed by atoms with Crippen molar-refractivity contribution in [3.63, 3.8) is 0 Å².